The zero-order chi connectivity index (χ0) is 19.1. The second-order valence-electron chi connectivity index (χ2n) is 7.26. The predicted molar refractivity (Wildman–Crippen MR) is 103 cm³/mol. The van der Waals surface area contributed by atoms with E-state index in [-0.39, 0.29) is 10.3 Å². The van der Waals surface area contributed by atoms with Gasteiger partial charge in [0.25, 0.3) is 10.0 Å². The van der Waals surface area contributed by atoms with E-state index in [0.717, 1.165) is 5.56 Å². The highest BCUT2D eigenvalue weighted by atomic mass is 32.2. The average Bonchev–Trinajstić information content (AvgIpc) is 2.90. The van der Waals surface area contributed by atoms with Crippen LogP contribution in [0.25, 0.3) is 11.0 Å². The van der Waals surface area contributed by atoms with E-state index in [4.69, 9.17) is 4.74 Å². The van der Waals surface area contributed by atoms with Crippen LogP contribution in [0.1, 0.15) is 39.1 Å². The van der Waals surface area contributed by atoms with Crippen molar-refractivity contribution in [3.8, 4) is 5.75 Å². The van der Waals surface area contributed by atoms with Gasteiger partial charge in [-0.25, -0.2) is 17.4 Å². The maximum atomic E-state index is 13.5. The van der Waals surface area contributed by atoms with Crippen molar-refractivity contribution < 1.29 is 13.2 Å². The van der Waals surface area contributed by atoms with E-state index in [9.17, 15) is 8.42 Å². The van der Waals surface area contributed by atoms with E-state index in [2.05, 4.69) is 25.8 Å². The maximum absolute atomic E-state index is 13.5. The summed E-state index contributed by atoms with van der Waals surface area (Å²) in [5, 5.41) is 0. The molecule has 0 aliphatic rings. The second-order valence-corrected chi connectivity index (χ2v) is 9.02. The van der Waals surface area contributed by atoms with Crippen LogP contribution < -0.4 is 4.74 Å². The Kier molecular flexibility index (Phi) is 4.56. The van der Waals surface area contributed by atoms with Crippen LogP contribution in [0.4, 0.5) is 0 Å². The van der Waals surface area contributed by atoms with Crippen LogP contribution in [0.3, 0.4) is 0 Å². The van der Waals surface area contributed by atoms with Crippen molar-refractivity contribution in [3.63, 3.8) is 0 Å². The molecule has 0 amide bonds. The van der Waals surface area contributed by atoms with E-state index in [0.29, 0.717) is 29.2 Å². The van der Waals surface area contributed by atoms with Crippen molar-refractivity contribution in [1.82, 2.24) is 8.96 Å². The number of benzene rings is 2. The number of hydrogen-bond acceptors (Lipinski definition) is 4. The van der Waals surface area contributed by atoms with E-state index in [1.165, 1.54) is 3.97 Å². The molecule has 3 rings (SSSR count). The summed E-state index contributed by atoms with van der Waals surface area (Å²) in [5.74, 6) is 0.785. The molecule has 0 fully saturated rings. The molecule has 0 radical (unpaired) electrons. The van der Waals surface area contributed by atoms with Crippen LogP contribution in [0.2, 0.25) is 0 Å². The molecule has 26 heavy (non-hydrogen) atoms. The first-order valence-electron chi connectivity index (χ1n) is 8.63. The summed E-state index contributed by atoms with van der Waals surface area (Å²) in [5.41, 5.74) is 1.97. The molecule has 5 nitrogen and oxygen atoms in total. The van der Waals surface area contributed by atoms with Gasteiger partial charge < -0.3 is 4.74 Å². The highest BCUT2D eigenvalue weighted by Crippen LogP contribution is 2.33. The van der Waals surface area contributed by atoms with Gasteiger partial charge in [-0.2, -0.15) is 0 Å². The number of rotatable bonds is 4. The summed E-state index contributed by atoms with van der Waals surface area (Å²) in [6, 6.07) is 12.6. The smallest absolute Gasteiger partial charge is 0.273 e. The molecule has 0 unspecified atom stereocenters. The number of para-hydroxylation sites is 2. The number of fused-ring (bicyclic) bond motifs is 1. The van der Waals surface area contributed by atoms with Crippen LogP contribution in [-0.2, 0) is 15.4 Å². The van der Waals surface area contributed by atoms with E-state index in [1.54, 1.807) is 25.1 Å². The minimum Gasteiger partial charge on any atom is -0.492 e. The van der Waals surface area contributed by atoms with Crippen LogP contribution in [0.15, 0.2) is 47.4 Å². The molecule has 1 heterocycles. The van der Waals surface area contributed by atoms with E-state index >= 15 is 0 Å². The van der Waals surface area contributed by atoms with Gasteiger partial charge in [0.05, 0.1) is 17.6 Å². The van der Waals surface area contributed by atoms with Crippen LogP contribution >= 0.6 is 0 Å². The third-order valence-electron chi connectivity index (χ3n) is 4.30. The summed E-state index contributed by atoms with van der Waals surface area (Å²) in [7, 11) is -3.86. The largest absolute Gasteiger partial charge is 0.492 e. The lowest BCUT2D eigenvalue weighted by Gasteiger charge is -2.21. The number of aromatic nitrogens is 2. The first kappa shape index (κ1) is 18.5. The first-order valence-corrected chi connectivity index (χ1v) is 10.1. The number of aryl methyl sites for hydroxylation is 1. The van der Waals surface area contributed by atoms with Gasteiger partial charge in [-0.15, -0.1) is 0 Å². The molecule has 0 aliphatic carbocycles. The lowest BCUT2D eigenvalue weighted by Crippen LogP contribution is -2.18. The molecule has 3 aromatic rings. The first-order chi connectivity index (χ1) is 12.2. The Balaban J connectivity index is 2.31. The number of hydrogen-bond donors (Lipinski definition) is 0. The standard InChI is InChI=1S/C20H24N2O3S/c1-6-25-18-12-11-15(20(3,4)5)13-19(18)26(23,24)22-14(2)21-16-9-7-8-10-17(16)22/h7-13H,6H2,1-5H3. The van der Waals surface area contributed by atoms with Gasteiger partial charge in [0.1, 0.15) is 16.5 Å². The fraction of sp³-hybridized carbons (Fsp3) is 0.350. The molecule has 138 valence electrons. The van der Waals surface area contributed by atoms with Crippen molar-refractivity contribution in [1.29, 1.82) is 0 Å². The Labute approximate surface area is 154 Å². The summed E-state index contributed by atoms with van der Waals surface area (Å²) in [6.07, 6.45) is 0. The van der Waals surface area contributed by atoms with Gasteiger partial charge in [-0.05, 0) is 49.1 Å². The quantitative estimate of drug-likeness (QED) is 0.686. The second kappa shape index (κ2) is 6.43. The Morgan fingerprint density at radius 3 is 2.46 bits per heavy atom. The number of nitrogens with zero attached hydrogens (tertiary/aromatic N) is 2. The SMILES string of the molecule is CCOc1ccc(C(C)(C)C)cc1S(=O)(=O)n1c(C)nc2ccccc21. The summed E-state index contributed by atoms with van der Waals surface area (Å²) in [4.78, 5) is 4.56. The third-order valence-corrected chi connectivity index (χ3v) is 6.12. The normalized spacial score (nSPS) is 12.5. The Morgan fingerprint density at radius 2 is 1.81 bits per heavy atom. The van der Waals surface area contributed by atoms with E-state index < -0.39 is 10.0 Å². The predicted octanol–water partition coefficient (Wildman–Crippen LogP) is 4.28. The van der Waals surface area contributed by atoms with Gasteiger partial charge in [-0.1, -0.05) is 39.0 Å². The molecule has 1 aromatic heterocycles. The fourth-order valence-corrected chi connectivity index (χ4v) is 4.63. The van der Waals surface area contributed by atoms with Crippen LogP contribution in [0, 0.1) is 6.92 Å². The summed E-state index contributed by atoms with van der Waals surface area (Å²) >= 11 is 0. The molecular weight excluding hydrogens is 348 g/mol. The molecular formula is C20H24N2O3S. The Bertz CT molecular complexity index is 1060. The number of ether oxygens (including phenoxy) is 1. The summed E-state index contributed by atoms with van der Waals surface area (Å²) in [6.45, 7) is 10.1. The topological polar surface area (TPSA) is 61.2 Å². The average molecular weight is 372 g/mol. The van der Waals surface area contributed by atoms with Gasteiger partial charge >= 0.3 is 0 Å². The van der Waals surface area contributed by atoms with E-state index in [1.807, 2.05) is 31.2 Å². The minimum atomic E-state index is -3.86. The van der Waals surface area contributed by atoms with Gasteiger partial charge in [0.15, 0.2) is 0 Å². The molecule has 6 heteroatoms. The summed E-state index contributed by atoms with van der Waals surface area (Å²) < 4.78 is 34.0. The van der Waals surface area contributed by atoms with Crippen molar-refractivity contribution in [3.05, 3.63) is 53.9 Å². The number of imidazole rings is 1. The molecule has 0 aliphatic heterocycles. The fourth-order valence-electron chi connectivity index (χ4n) is 2.98. The maximum Gasteiger partial charge on any atom is 0.273 e. The van der Waals surface area contributed by atoms with Crippen LogP contribution in [-0.4, -0.2) is 24.0 Å². The third kappa shape index (κ3) is 3.09. The minimum absolute atomic E-state index is 0.165. The highest BCUT2D eigenvalue weighted by molar-refractivity contribution is 7.90. The molecule has 0 N–H and O–H groups in total. The lowest BCUT2D eigenvalue weighted by molar-refractivity contribution is 0.330. The van der Waals surface area contributed by atoms with Gasteiger partial charge in [0, 0.05) is 0 Å². The van der Waals surface area contributed by atoms with Gasteiger partial charge in [-0.3, -0.25) is 0 Å². The van der Waals surface area contributed by atoms with Gasteiger partial charge in [0.2, 0.25) is 0 Å². The molecule has 2 aromatic carbocycles. The monoisotopic (exact) mass is 372 g/mol. The molecule has 0 spiro atoms. The Hall–Kier alpha value is -2.34. The molecule has 0 saturated heterocycles. The highest BCUT2D eigenvalue weighted by Gasteiger charge is 2.28. The molecule has 0 atom stereocenters. The zero-order valence-corrected chi connectivity index (χ0v) is 16.6. The van der Waals surface area contributed by atoms with Crippen molar-refractivity contribution >= 4 is 21.1 Å². The molecule has 0 bridgehead atoms. The van der Waals surface area contributed by atoms with Crippen molar-refractivity contribution in [2.45, 2.75) is 44.9 Å². The van der Waals surface area contributed by atoms with Crippen molar-refractivity contribution in [2.24, 2.45) is 0 Å². The van der Waals surface area contributed by atoms with Crippen molar-refractivity contribution in [2.75, 3.05) is 6.61 Å². The molecule has 0 saturated carbocycles. The zero-order valence-electron chi connectivity index (χ0n) is 15.8. The lowest BCUT2D eigenvalue weighted by atomic mass is 9.87. The Morgan fingerprint density at radius 1 is 1.12 bits per heavy atom. The van der Waals surface area contributed by atoms with Crippen LogP contribution in [0.5, 0.6) is 5.75 Å².